The maximum atomic E-state index is 3.68. The summed E-state index contributed by atoms with van der Waals surface area (Å²) < 4.78 is 2.32. The van der Waals surface area contributed by atoms with Crippen molar-refractivity contribution in [3.05, 3.63) is 43.3 Å². The molecule has 0 N–H and O–H groups in total. The van der Waals surface area contributed by atoms with Gasteiger partial charge in [-0.15, -0.1) is 34.0 Å². The van der Waals surface area contributed by atoms with E-state index in [4.69, 9.17) is 0 Å². The molecule has 0 bridgehead atoms. The molecule has 3 heterocycles. The van der Waals surface area contributed by atoms with Gasteiger partial charge in [0.25, 0.3) is 0 Å². The van der Waals surface area contributed by atoms with Gasteiger partial charge in [-0.05, 0) is 54.8 Å². The van der Waals surface area contributed by atoms with Crippen LogP contribution in [0.3, 0.4) is 0 Å². The van der Waals surface area contributed by atoms with Gasteiger partial charge in [0.1, 0.15) is 0 Å². The van der Waals surface area contributed by atoms with Crippen LogP contribution in [0.4, 0.5) is 0 Å². The van der Waals surface area contributed by atoms with E-state index in [1.54, 1.807) is 34.0 Å². The van der Waals surface area contributed by atoms with Crippen LogP contribution >= 0.6 is 65.9 Å². The molecule has 0 aromatic carbocycles. The van der Waals surface area contributed by atoms with Gasteiger partial charge in [-0.3, -0.25) is 0 Å². The van der Waals surface area contributed by atoms with Crippen molar-refractivity contribution in [2.24, 2.45) is 0 Å². The Morgan fingerprint density at radius 1 is 0.882 bits per heavy atom. The lowest BCUT2D eigenvalue weighted by atomic mass is 10.2. The van der Waals surface area contributed by atoms with E-state index in [0.717, 1.165) is 8.26 Å². The van der Waals surface area contributed by atoms with Gasteiger partial charge in [-0.1, -0.05) is 12.1 Å². The molecule has 17 heavy (non-hydrogen) atoms. The molecule has 0 amide bonds. The first kappa shape index (κ1) is 12.1. The van der Waals surface area contributed by atoms with Crippen LogP contribution in [0, 0.1) is 0 Å². The molecule has 0 radical (unpaired) electrons. The summed E-state index contributed by atoms with van der Waals surface area (Å²) >= 11 is 12.6. The first-order valence-corrected chi connectivity index (χ1v) is 8.99. The van der Waals surface area contributed by atoms with Gasteiger partial charge in [0.05, 0.1) is 13.1 Å². The second kappa shape index (κ2) is 4.97. The molecule has 0 nitrogen and oxygen atoms in total. The molecule has 3 aromatic rings. The first-order chi connectivity index (χ1) is 8.27. The Kier molecular flexibility index (Phi) is 3.54. The molecule has 0 saturated carbocycles. The molecule has 0 aliphatic heterocycles. The molecule has 3 aromatic heterocycles. The van der Waals surface area contributed by atoms with E-state index in [-0.39, 0.29) is 0 Å². The predicted octanol–water partition coefficient (Wildman–Crippen LogP) is 6.73. The third-order valence-corrected chi connectivity index (χ3v) is 7.71. The lowest BCUT2D eigenvalue weighted by molar-refractivity contribution is 1.78. The minimum absolute atomic E-state index is 1.16. The van der Waals surface area contributed by atoms with Crippen molar-refractivity contribution in [3.8, 4) is 20.2 Å². The molecular formula is C12H6Br2S3. The number of thiophene rings is 3. The third-order valence-electron chi connectivity index (χ3n) is 2.32. The zero-order valence-corrected chi connectivity index (χ0v) is 14.1. The van der Waals surface area contributed by atoms with Crippen LogP contribution in [-0.4, -0.2) is 0 Å². The smallest absolute Gasteiger partial charge is 0.0854 e. The van der Waals surface area contributed by atoms with Crippen LogP contribution in [0.25, 0.3) is 20.2 Å². The van der Waals surface area contributed by atoms with Crippen LogP contribution in [-0.2, 0) is 0 Å². The maximum Gasteiger partial charge on any atom is 0.0854 e. The van der Waals surface area contributed by atoms with E-state index >= 15 is 0 Å². The van der Waals surface area contributed by atoms with Crippen molar-refractivity contribution in [2.75, 3.05) is 0 Å². The second-order valence-electron chi connectivity index (χ2n) is 3.35. The largest absolute Gasteiger partial charge is 0.144 e. The first-order valence-electron chi connectivity index (χ1n) is 4.83. The molecule has 5 heteroatoms. The Morgan fingerprint density at radius 3 is 2.12 bits per heavy atom. The molecule has 0 saturated heterocycles. The van der Waals surface area contributed by atoms with Crippen molar-refractivity contribution in [3.63, 3.8) is 0 Å². The van der Waals surface area contributed by atoms with E-state index < -0.39 is 0 Å². The van der Waals surface area contributed by atoms with E-state index in [0.29, 0.717) is 0 Å². The topological polar surface area (TPSA) is 0 Å². The maximum absolute atomic E-state index is 3.68. The van der Waals surface area contributed by atoms with Crippen LogP contribution < -0.4 is 0 Å². The van der Waals surface area contributed by atoms with E-state index in [9.17, 15) is 0 Å². The normalized spacial score (nSPS) is 10.9. The summed E-state index contributed by atoms with van der Waals surface area (Å²) in [4.78, 5) is 3.97. The summed E-state index contributed by atoms with van der Waals surface area (Å²) in [6.07, 6.45) is 0. The van der Waals surface area contributed by atoms with Gasteiger partial charge in [0.2, 0.25) is 0 Å². The molecule has 86 valence electrons. The Hall–Kier alpha value is 0.0600. The Labute approximate surface area is 128 Å². The molecule has 0 fully saturated rings. The summed E-state index contributed by atoms with van der Waals surface area (Å²) in [5.41, 5.74) is 1.30. The van der Waals surface area contributed by atoms with Gasteiger partial charge in [-0.2, -0.15) is 0 Å². The van der Waals surface area contributed by atoms with E-state index in [2.05, 4.69) is 66.9 Å². The summed E-state index contributed by atoms with van der Waals surface area (Å²) in [7, 11) is 0. The van der Waals surface area contributed by atoms with Crippen molar-refractivity contribution in [1.82, 2.24) is 0 Å². The second-order valence-corrected chi connectivity index (χ2v) is 8.38. The van der Waals surface area contributed by atoms with E-state index in [1.807, 2.05) is 0 Å². The average Bonchev–Trinajstić information content (AvgIpc) is 3.01. The average molecular weight is 406 g/mol. The van der Waals surface area contributed by atoms with Crippen molar-refractivity contribution in [1.29, 1.82) is 0 Å². The van der Waals surface area contributed by atoms with Gasteiger partial charge in [0, 0.05) is 15.3 Å². The van der Waals surface area contributed by atoms with Crippen molar-refractivity contribution in [2.45, 2.75) is 0 Å². The Morgan fingerprint density at radius 2 is 1.53 bits per heavy atom. The van der Waals surface area contributed by atoms with Crippen LogP contribution in [0.5, 0.6) is 0 Å². The monoisotopic (exact) mass is 404 g/mol. The fourth-order valence-corrected chi connectivity index (χ4v) is 5.85. The van der Waals surface area contributed by atoms with Crippen LogP contribution in [0.15, 0.2) is 43.3 Å². The lowest BCUT2D eigenvalue weighted by Gasteiger charge is -1.99. The van der Waals surface area contributed by atoms with Crippen LogP contribution in [0.1, 0.15) is 0 Å². The van der Waals surface area contributed by atoms with Crippen molar-refractivity contribution < 1.29 is 0 Å². The molecule has 0 spiro atoms. The highest BCUT2D eigenvalue weighted by Gasteiger charge is 2.18. The number of halogens is 2. The Bertz CT molecular complexity index is 621. The molecule has 0 atom stereocenters. The fourth-order valence-electron chi connectivity index (χ4n) is 1.61. The summed E-state index contributed by atoms with van der Waals surface area (Å²) in [5, 5.41) is 4.24. The summed E-state index contributed by atoms with van der Waals surface area (Å²) in [5.74, 6) is 0. The fraction of sp³-hybridized carbons (Fsp3) is 0. The number of hydrogen-bond acceptors (Lipinski definition) is 3. The zero-order valence-electron chi connectivity index (χ0n) is 8.44. The van der Waals surface area contributed by atoms with Gasteiger partial charge in [-0.25, -0.2) is 0 Å². The van der Waals surface area contributed by atoms with E-state index in [1.165, 1.54) is 20.2 Å². The number of rotatable bonds is 2. The molecule has 0 aliphatic carbocycles. The van der Waals surface area contributed by atoms with Crippen molar-refractivity contribution >= 4 is 65.9 Å². The quantitative estimate of drug-likeness (QED) is 0.443. The predicted molar refractivity (Wildman–Crippen MR) is 86.3 cm³/mol. The highest BCUT2D eigenvalue weighted by molar-refractivity contribution is 9.13. The highest BCUT2D eigenvalue weighted by atomic mass is 79.9. The van der Waals surface area contributed by atoms with Gasteiger partial charge < -0.3 is 0 Å². The summed E-state index contributed by atoms with van der Waals surface area (Å²) in [6, 6.07) is 8.53. The molecular weight excluding hydrogens is 400 g/mol. The minimum atomic E-state index is 1.16. The molecule has 0 aliphatic rings. The summed E-state index contributed by atoms with van der Waals surface area (Å²) in [6.45, 7) is 0. The standard InChI is InChI=1S/C12H6Br2S3/c13-10-9(7-3-1-5-15-7)11(17-12(10)14)8-4-2-6-16-8/h1-6H. The molecule has 3 rings (SSSR count). The van der Waals surface area contributed by atoms with Gasteiger partial charge >= 0.3 is 0 Å². The highest BCUT2D eigenvalue weighted by Crippen LogP contribution is 2.50. The Balaban J connectivity index is 2.26. The molecule has 0 unspecified atom stereocenters. The van der Waals surface area contributed by atoms with Crippen LogP contribution in [0.2, 0.25) is 0 Å². The minimum Gasteiger partial charge on any atom is -0.144 e. The SMILES string of the molecule is Brc1sc(-c2cccs2)c(-c2cccs2)c1Br. The van der Waals surface area contributed by atoms with Gasteiger partial charge in [0.15, 0.2) is 0 Å². The number of hydrogen-bond donors (Lipinski definition) is 0. The third kappa shape index (κ3) is 2.19. The zero-order chi connectivity index (χ0) is 11.8. The lowest BCUT2D eigenvalue weighted by Crippen LogP contribution is -1.72.